The van der Waals surface area contributed by atoms with E-state index >= 15 is 0 Å². The van der Waals surface area contributed by atoms with Gasteiger partial charge < -0.3 is 14.9 Å². The number of piperidine rings is 1. The Balaban J connectivity index is 1.23. The minimum absolute atomic E-state index is 0.231. The first-order chi connectivity index (χ1) is 18.9. The van der Waals surface area contributed by atoms with E-state index in [0.717, 1.165) is 16.7 Å². The van der Waals surface area contributed by atoms with Crippen LogP contribution >= 0.6 is 0 Å². The topological polar surface area (TPSA) is 109 Å². The van der Waals surface area contributed by atoms with E-state index in [9.17, 15) is 19.1 Å². The first-order valence-corrected chi connectivity index (χ1v) is 12.9. The number of aliphatic carboxylic acids is 1. The van der Waals surface area contributed by atoms with Crippen molar-refractivity contribution in [3.63, 3.8) is 0 Å². The summed E-state index contributed by atoms with van der Waals surface area (Å²) in [6, 6.07) is 21.9. The molecule has 1 aliphatic rings. The van der Waals surface area contributed by atoms with Crippen LogP contribution in [0.3, 0.4) is 0 Å². The van der Waals surface area contributed by atoms with Crippen molar-refractivity contribution in [2.24, 2.45) is 5.41 Å². The zero-order valence-electron chi connectivity index (χ0n) is 21.6. The normalized spacial score (nSPS) is 15.1. The second kappa shape index (κ2) is 11.2. The summed E-state index contributed by atoms with van der Waals surface area (Å²) >= 11 is 0. The molecule has 200 valence electrons. The van der Waals surface area contributed by atoms with E-state index in [2.05, 4.69) is 20.4 Å². The van der Waals surface area contributed by atoms with Crippen LogP contribution < -0.4 is 5.32 Å². The van der Waals surface area contributed by atoms with Gasteiger partial charge in [-0.3, -0.25) is 14.5 Å². The van der Waals surface area contributed by atoms with Crippen LogP contribution in [0.1, 0.15) is 25.3 Å². The van der Waals surface area contributed by atoms with Gasteiger partial charge in [-0.05, 0) is 43.0 Å². The highest BCUT2D eigenvalue weighted by Crippen LogP contribution is 2.33. The molecule has 3 aromatic carbocycles. The Labute approximate surface area is 225 Å². The maximum atomic E-state index is 14.8. The third-order valence-corrected chi connectivity index (χ3v) is 7.24. The Morgan fingerprint density at radius 1 is 1.00 bits per heavy atom. The average Bonchev–Trinajstić information content (AvgIpc) is 3.45. The zero-order chi connectivity index (χ0) is 27.4. The Hall–Kier alpha value is -4.37. The van der Waals surface area contributed by atoms with Crippen LogP contribution in [0.2, 0.25) is 0 Å². The Morgan fingerprint density at radius 3 is 2.33 bits per heavy atom. The number of carboxylic acid groups (broad SMARTS) is 1. The molecule has 8 nitrogen and oxygen atoms in total. The molecule has 4 aromatic rings. The van der Waals surface area contributed by atoms with Gasteiger partial charge in [0.05, 0.1) is 0 Å². The summed E-state index contributed by atoms with van der Waals surface area (Å²) in [6.07, 6.45) is 0.537. The number of carboxylic acids is 1. The molecule has 0 aliphatic carbocycles. The van der Waals surface area contributed by atoms with E-state index in [4.69, 9.17) is 4.52 Å². The smallest absolute Gasteiger partial charge is 0.319 e. The minimum Gasteiger partial charge on any atom is -0.480 e. The van der Waals surface area contributed by atoms with Crippen LogP contribution in [0, 0.1) is 11.2 Å². The van der Waals surface area contributed by atoms with E-state index < -0.39 is 17.3 Å². The number of rotatable bonds is 8. The fourth-order valence-corrected chi connectivity index (χ4v) is 4.94. The van der Waals surface area contributed by atoms with Gasteiger partial charge in [0.25, 0.3) is 5.89 Å². The molecule has 1 fully saturated rings. The molecule has 0 saturated carbocycles. The van der Waals surface area contributed by atoms with Crippen molar-refractivity contribution < 1.29 is 23.6 Å². The highest BCUT2D eigenvalue weighted by molar-refractivity contribution is 6.02. The molecule has 39 heavy (non-hydrogen) atoms. The first kappa shape index (κ1) is 26.2. The van der Waals surface area contributed by atoms with Crippen LogP contribution in [-0.4, -0.2) is 51.7 Å². The predicted octanol–water partition coefficient (Wildman–Crippen LogP) is 5.01. The molecule has 0 radical (unpaired) electrons. The maximum Gasteiger partial charge on any atom is 0.319 e. The van der Waals surface area contributed by atoms with E-state index in [1.54, 1.807) is 19.1 Å². The molecule has 9 heteroatoms. The lowest BCUT2D eigenvalue weighted by molar-refractivity contribution is -0.159. The van der Waals surface area contributed by atoms with Crippen molar-refractivity contribution >= 4 is 11.9 Å². The number of carbonyl (C=O) groups excluding carboxylic acids is 1. The van der Waals surface area contributed by atoms with E-state index in [1.807, 2.05) is 54.6 Å². The maximum absolute atomic E-state index is 14.8. The van der Waals surface area contributed by atoms with Crippen molar-refractivity contribution in [3.05, 3.63) is 84.2 Å². The molecule has 0 spiro atoms. The molecular weight excluding hydrogens is 499 g/mol. The molecule has 0 bridgehead atoms. The van der Waals surface area contributed by atoms with Gasteiger partial charge in [-0.2, -0.15) is 4.98 Å². The van der Waals surface area contributed by atoms with Gasteiger partial charge in [-0.1, -0.05) is 65.8 Å². The number of hydrogen-bond acceptors (Lipinski definition) is 6. The van der Waals surface area contributed by atoms with Gasteiger partial charge in [0.15, 0.2) is 0 Å². The summed E-state index contributed by atoms with van der Waals surface area (Å²) in [6.45, 7) is 3.85. The number of nitrogens with zero attached hydrogens (tertiary/aromatic N) is 3. The zero-order valence-corrected chi connectivity index (χ0v) is 21.6. The van der Waals surface area contributed by atoms with Crippen molar-refractivity contribution in [3.8, 4) is 34.0 Å². The molecule has 5 rings (SSSR count). The average molecular weight is 529 g/mol. The summed E-state index contributed by atoms with van der Waals surface area (Å²) in [5.74, 6) is -1.21. The summed E-state index contributed by atoms with van der Waals surface area (Å²) < 4.78 is 20.2. The summed E-state index contributed by atoms with van der Waals surface area (Å²) in [4.78, 5) is 30.9. The van der Waals surface area contributed by atoms with E-state index in [0.29, 0.717) is 43.1 Å². The highest BCUT2D eigenvalue weighted by atomic mass is 19.1. The molecule has 0 unspecified atom stereocenters. The summed E-state index contributed by atoms with van der Waals surface area (Å²) in [5, 5.41) is 16.5. The molecule has 2 N–H and O–H groups in total. The molecule has 2 heterocycles. The summed E-state index contributed by atoms with van der Waals surface area (Å²) in [7, 11) is 0. The van der Waals surface area contributed by atoms with Gasteiger partial charge in [0, 0.05) is 42.9 Å². The number of benzene rings is 3. The number of nitrogens with one attached hydrogen (secondary N) is 1. The van der Waals surface area contributed by atoms with Crippen molar-refractivity contribution in [2.45, 2.75) is 26.3 Å². The Morgan fingerprint density at radius 2 is 1.69 bits per heavy atom. The SMILES string of the molecule is CCNC(=O)C1(C(=O)O)CCN(Cc2ccc(-c3noc(-c4ccc(-c5ccccc5)c(F)c4)n3)cc2)CC1. The summed E-state index contributed by atoms with van der Waals surface area (Å²) in [5.41, 5.74) is 2.23. The number of hydrogen-bond donors (Lipinski definition) is 2. The third kappa shape index (κ3) is 5.44. The number of likely N-dealkylation sites (tertiary alicyclic amines) is 1. The van der Waals surface area contributed by atoms with Crippen molar-refractivity contribution in [1.29, 1.82) is 0 Å². The molecule has 1 saturated heterocycles. The van der Waals surface area contributed by atoms with Gasteiger partial charge in [0.2, 0.25) is 11.7 Å². The fourth-order valence-electron chi connectivity index (χ4n) is 4.94. The van der Waals surface area contributed by atoms with E-state index in [1.165, 1.54) is 6.07 Å². The lowest BCUT2D eigenvalue weighted by Crippen LogP contribution is -2.52. The molecule has 1 aromatic heterocycles. The van der Waals surface area contributed by atoms with Gasteiger partial charge in [-0.15, -0.1) is 0 Å². The second-order valence-electron chi connectivity index (χ2n) is 9.70. The lowest BCUT2D eigenvalue weighted by Gasteiger charge is -2.37. The van der Waals surface area contributed by atoms with Gasteiger partial charge >= 0.3 is 5.97 Å². The van der Waals surface area contributed by atoms with Crippen LogP contribution in [0.5, 0.6) is 0 Å². The molecule has 1 aliphatic heterocycles. The number of amides is 1. The monoisotopic (exact) mass is 528 g/mol. The Kier molecular flexibility index (Phi) is 7.51. The van der Waals surface area contributed by atoms with Crippen molar-refractivity contribution in [1.82, 2.24) is 20.4 Å². The number of halogens is 1. The molecular formula is C30H29FN4O4. The van der Waals surface area contributed by atoms with Crippen LogP contribution in [0.15, 0.2) is 77.3 Å². The largest absolute Gasteiger partial charge is 0.480 e. The second-order valence-corrected chi connectivity index (χ2v) is 9.70. The fraction of sp³-hybridized carbons (Fsp3) is 0.267. The van der Waals surface area contributed by atoms with Crippen LogP contribution in [0.4, 0.5) is 4.39 Å². The third-order valence-electron chi connectivity index (χ3n) is 7.24. The van der Waals surface area contributed by atoms with Crippen LogP contribution in [-0.2, 0) is 16.1 Å². The highest BCUT2D eigenvalue weighted by Gasteiger charge is 2.47. The van der Waals surface area contributed by atoms with E-state index in [-0.39, 0.29) is 24.5 Å². The molecule has 0 atom stereocenters. The lowest BCUT2D eigenvalue weighted by atomic mass is 9.77. The first-order valence-electron chi connectivity index (χ1n) is 12.9. The van der Waals surface area contributed by atoms with Crippen LogP contribution in [0.25, 0.3) is 34.0 Å². The minimum atomic E-state index is -1.36. The predicted molar refractivity (Wildman–Crippen MR) is 144 cm³/mol. The number of aromatic nitrogens is 2. The standard InChI is InChI=1S/C30H29FN4O4/c1-2-32-28(36)30(29(37)38)14-16-35(17-15-30)19-20-8-10-22(11-9-20)26-33-27(39-34-26)23-12-13-24(25(31)18-23)21-6-4-3-5-7-21/h3-13,18H,2,14-17,19H2,1H3,(H,32,36)(H,37,38). The quantitative estimate of drug-likeness (QED) is 0.309. The molecule has 1 amide bonds. The van der Waals surface area contributed by atoms with Crippen molar-refractivity contribution in [2.75, 3.05) is 19.6 Å². The van der Waals surface area contributed by atoms with Gasteiger partial charge in [-0.25, -0.2) is 4.39 Å². The Bertz CT molecular complexity index is 1460. The number of carbonyl (C=O) groups is 2. The van der Waals surface area contributed by atoms with Gasteiger partial charge in [0.1, 0.15) is 11.2 Å².